The van der Waals surface area contributed by atoms with Crippen LogP contribution in [0.15, 0.2) is 11.6 Å². The van der Waals surface area contributed by atoms with Gasteiger partial charge in [0.1, 0.15) is 6.10 Å². The summed E-state index contributed by atoms with van der Waals surface area (Å²) in [5, 5.41) is 42.3. The zero-order valence-electron chi connectivity index (χ0n) is 28.5. The summed E-state index contributed by atoms with van der Waals surface area (Å²) in [7, 11) is 0. The number of esters is 1. The Morgan fingerprint density at radius 3 is 1.78 bits per heavy atom. The van der Waals surface area contributed by atoms with Gasteiger partial charge in [0, 0.05) is 12.0 Å². The van der Waals surface area contributed by atoms with Crippen LogP contribution in [0.1, 0.15) is 162 Å². The van der Waals surface area contributed by atoms with E-state index in [1.807, 2.05) is 13.0 Å². The topological polar surface area (TPSA) is 126 Å². The Balaban J connectivity index is 1.14. The van der Waals surface area contributed by atoms with Crippen molar-refractivity contribution in [2.24, 2.45) is 0 Å². The Labute approximate surface area is 273 Å². The second kappa shape index (κ2) is 21.8. The fourth-order valence-electron chi connectivity index (χ4n) is 7.29. The first-order chi connectivity index (χ1) is 21.8. The number of carbonyl (C=O) groups is 1. The predicted octanol–water partition coefficient (Wildman–Crippen LogP) is 6.83. The van der Waals surface area contributed by atoms with Crippen LogP contribution >= 0.6 is 0 Å². The van der Waals surface area contributed by atoms with Crippen molar-refractivity contribution in [3.8, 4) is 0 Å². The van der Waals surface area contributed by atoms with E-state index in [0.717, 1.165) is 77.0 Å². The van der Waals surface area contributed by atoms with Gasteiger partial charge < -0.3 is 34.6 Å². The van der Waals surface area contributed by atoms with E-state index in [0.29, 0.717) is 24.8 Å². The molecule has 0 unspecified atom stereocenters. The average molecular weight is 639 g/mol. The summed E-state index contributed by atoms with van der Waals surface area (Å²) < 4.78 is 17.3. The van der Waals surface area contributed by atoms with Gasteiger partial charge in [0.15, 0.2) is 0 Å². The van der Waals surface area contributed by atoms with Gasteiger partial charge in [-0.05, 0) is 70.8 Å². The molecule has 8 nitrogen and oxygen atoms in total. The third-order valence-corrected chi connectivity index (χ3v) is 10.1. The highest BCUT2D eigenvalue weighted by Gasteiger charge is 2.36. The van der Waals surface area contributed by atoms with Gasteiger partial charge in [-0.25, -0.2) is 4.79 Å². The molecule has 0 radical (unpaired) electrons. The fraction of sp³-hybridized carbons (Fsp3) is 0.919. The Hall–Kier alpha value is -1.03. The second-order valence-electron chi connectivity index (χ2n) is 14.2. The maximum atomic E-state index is 11.7. The van der Waals surface area contributed by atoms with Crippen molar-refractivity contribution in [1.82, 2.24) is 0 Å². The molecule has 3 heterocycles. The normalized spacial score (nSPS) is 27.8. The maximum absolute atomic E-state index is 11.7. The van der Waals surface area contributed by atoms with Crippen molar-refractivity contribution in [3.05, 3.63) is 11.6 Å². The minimum absolute atomic E-state index is 0.145. The van der Waals surface area contributed by atoms with Crippen molar-refractivity contribution in [2.45, 2.75) is 216 Å². The highest BCUT2D eigenvalue weighted by molar-refractivity contribution is 5.90. The lowest BCUT2D eigenvalue weighted by molar-refractivity contribution is -0.139. The average Bonchev–Trinajstić information content (AvgIpc) is 3.77. The van der Waals surface area contributed by atoms with Crippen LogP contribution in [0.5, 0.6) is 0 Å². The molecule has 45 heavy (non-hydrogen) atoms. The first kappa shape index (κ1) is 38.4. The summed E-state index contributed by atoms with van der Waals surface area (Å²) in [6.45, 7) is 4.05. The van der Waals surface area contributed by atoms with Gasteiger partial charge >= 0.3 is 5.97 Å². The molecule has 8 heteroatoms. The van der Waals surface area contributed by atoms with E-state index in [1.54, 1.807) is 0 Å². The molecule has 4 N–H and O–H groups in total. The lowest BCUT2D eigenvalue weighted by atomic mass is 9.98. The minimum atomic E-state index is -0.618. The molecule has 2 saturated heterocycles. The molecule has 9 atom stereocenters. The van der Waals surface area contributed by atoms with Crippen LogP contribution in [-0.2, 0) is 19.0 Å². The molecule has 2 fully saturated rings. The second-order valence-corrected chi connectivity index (χ2v) is 14.2. The van der Waals surface area contributed by atoms with Crippen LogP contribution in [0.4, 0.5) is 0 Å². The van der Waals surface area contributed by atoms with Crippen LogP contribution in [0.3, 0.4) is 0 Å². The third-order valence-electron chi connectivity index (χ3n) is 10.1. The van der Waals surface area contributed by atoms with Gasteiger partial charge in [0.25, 0.3) is 0 Å². The molecule has 3 aliphatic rings. The Kier molecular flexibility index (Phi) is 18.6. The lowest BCUT2D eigenvalue weighted by Gasteiger charge is -2.24. The van der Waals surface area contributed by atoms with Crippen molar-refractivity contribution in [2.75, 3.05) is 0 Å². The molecule has 0 aromatic carbocycles. The van der Waals surface area contributed by atoms with Crippen molar-refractivity contribution < 1.29 is 39.4 Å². The highest BCUT2D eigenvalue weighted by atomic mass is 16.5. The fourth-order valence-corrected chi connectivity index (χ4v) is 7.29. The van der Waals surface area contributed by atoms with Gasteiger partial charge in [-0.1, -0.05) is 90.4 Å². The summed E-state index contributed by atoms with van der Waals surface area (Å²) in [4.78, 5) is 11.7. The van der Waals surface area contributed by atoms with Gasteiger partial charge in [0.05, 0.1) is 48.8 Å². The number of unbranched alkanes of at least 4 members (excludes halogenated alkanes) is 11. The third kappa shape index (κ3) is 14.7. The molecular weight excluding hydrogens is 572 g/mol. The molecule has 0 aromatic heterocycles. The van der Waals surface area contributed by atoms with Crippen LogP contribution < -0.4 is 0 Å². The van der Waals surface area contributed by atoms with E-state index in [2.05, 4.69) is 6.92 Å². The molecule has 0 bridgehead atoms. The molecule has 0 spiro atoms. The number of aliphatic hydroxyl groups is 4. The molecule has 3 rings (SSSR count). The number of carbonyl (C=O) groups excluding carboxylic acids is 1. The predicted molar refractivity (Wildman–Crippen MR) is 177 cm³/mol. The van der Waals surface area contributed by atoms with Gasteiger partial charge in [-0.3, -0.25) is 0 Å². The Morgan fingerprint density at radius 1 is 0.667 bits per heavy atom. The zero-order chi connectivity index (χ0) is 32.4. The molecule has 0 amide bonds. The largest absolute Gasteiger partial charge is 0.455 e. The molecule has 262 valence electrons. The van der Waals surface area contributed by atoms with E-state index in [-0.39, 0.29) is 36.5 Å². The summed E-state index contributed by atoms with van der Waals surface area (Å²) in [5.74, 6) is -0.286. The number of hydrogen-bond donors (Lipinski definition) is 4. The van der Waals surface area contributed by atoms with Crippen molar-refractivity contribution in [3.63, 3.8) is 0 Å². The van der Waals surface area contributed by atoms with Gasteiger partial charge in [-0.15, -0.1) is 0 Å². The summed E-state index contributed by atoms with van der Waals surface area (Å²) >= 11 is 0. The SMILES string of the molecule is CCCCCCCC[C@@H](O)[C@H]1CC[C@H]([C@H](O)CC[C@H](O)[C@@H]2CC[C@H](CCCCCCCCC[C@@H](O)CC3=C[C@H](C)OC3=O)O2)O1. The quantitative estimate of drug-likeness (QED) is 0.0634. The summed E-state index contributed by atoms with van der Waals surface area (Å²) in [5.41, 5.74) is 0.611. The first-order valence-corrected chi connectivity index (χ1v) is 18.7. The lowest BCUT2D eigenvalue weighted by Crippen LogP contribution is -2.33. The van der Waals surface area contributed by atoms with Gasteiger partial charge in [0.2, 0.25) is 0 Å². The maximum Gasteiger partial charge on any atom is 0.334 e. The smallest absolute Gasteiger partial charge is 0.334 e. The zero-order valence-corrected chi connectivity index (χ0v) is 28.5. The van der Waals surface area contributed by atoms with Crippen molar-refractivity contribution >= 4 is 5.97 Å². The van der Waals surface area contributed by atoms with E-state index in [1.165, 1.54) is 51.4 Å². The van der Waals surface area contributed by atoms with Crippen LogP contribution in [-0.4, -0.2) is 81.3 Å². The molecule has 3 aliphatic heterocycles. The minimum Gasteiger partial charge on any atom is -0.455 e. The standard InChI is InChI=1S/C37H66O8/c1-3-4-5-6-12-15-18-31(39)35-23-24-36(45-35)33(41)21-20-32(40)34-22-19-30(44-34)17-14-11-9-7-8-10-13-16-29(38)26-28-25-27(2)43-37(28)42/h25,27,29-36,38-41H,3-24,26H2,1-2H3/t27-,29+,30-,31+,32-,33+,34-,35+,36+/m0/s1. The van der Waals surface area contributed by atoms with Crippen molar-refractivity contribution in [1.29, 1.82) is 0 Å². The molecule has 0 aliphatic carbocycles. The molecule has 0 saturated carbocycles. The van der Waals surface area contributed by atoms with Crippen LogP contribution in [0.25, 0.3) is 0 Å². The van der Waals surface area contributed by atoms with E-state index < -0.39 is 24.4 Å². The number of rotatable bonds is 25. The summed E-state index contributed by atoms with van der Waals surface area (Å²) in [6, 6.07) is 0. The first-order valence-electron chi connectivity index (χ1n) is 18.7. The van der Waals surface area contributed by atoms with E-state index >= 15 is 0 Å². The molecular formula is C37H66O8. The highest BCUT2D eigenvalue weighted by Crippen LogP contribution is 2.31. The molecule has 0 aromatic rings. The number of hydrogen-bond acceptors (Lipinski definition) is 8. The van der Waals surface area contributed by atoms with Crippen LogP contribution in [0, 0.1) is 0 Å². The van der Waals surface area contributed by atoms with E-state index in [4.69, 9.17) is 14.2 Å². The van der Waals surface area contributed by atoms with Gasteiger partial charge in [-0.2, -0.15) is 0 Å². The Morgan fingerprint density at radius 2 is 1.18 bits per heavy atom. The van der Waals surface area contributed by atoms with Crippen LogP contribution in [0.2, 0.25) is 0 Å². The summed E-state index contributed by atoms with van der Waals surface area (Å²) in [6.07, 6.45) is 21.7. The van der Waals surface area contributed by atoms with E-state index in [9.17, 15) is 25.2 Å². The number of aliphatic hydroxyl groups excluding tert-OH is 4. The number of ether oxygens (including phenoxy) is 3. The Bertz CT molecular complexity index is 833. The monoisotopic (exact) mass is 638 g/mol. The number of cyclic esters (lactones) is 1.